The van der Waals surface area contributed by atoms with E-state index < -0.39 is 0 Å². The Kier molecular flexibility index (Phi) is 11.2. The van der Waals surface area contributed by atoms with Gasteiger partial charge in [0.05, 0.1) is 19.3 Å². The number of likely N-dealkylation sites (tertiary alicyclic amines) is 1. The molecule has 1 unspecified atom stereocenters. The Morgan fingerprint density at radius 3 is 2.61 bits per heavy atom. The van der Waals surface area contributed by atoms with E-state index in [4.69, 9.17) is 9.73 Å². The molecule has 0 aromatic heterocycles. The van der Waals surface area contributed by atoms with E-state index in [2.05, 4.69) is 48.1 Å². The van der Waals surface area contributed by atoms with Gasteiger partial charge in [0.25, 0.3) is 0 Å². The maximum absolute atomic E-state index is 5.93. The van der Waals surface area contributed by atoms with E-state index in [1.165, 1.54) is 45.3 Å². The van der Waals surface area contributed by atoms with Gasteiger partial charge in [-0.15, -0.1) is 0 Å². The molecule has 0 aromatic carbocycles. The van der Waals surface area contributed by atoms with Crippen molar-refractivity contribution in [3.05, 3.63) is 0 Å². The van der Waals surface area contributed by atoms with Crippen LogP contribution >= 0.6 is 0 Å². The molecule has 0 amide bonds. The molecule has 0 bridgehead atoms. The molecule has 2 aliphatic rings. The smallest absolute Gasteiger partial charge is 0.191 e. The van der Waals surface area contributed by atoms with Crippen molar-refractivity contribution in [1.29, 1.82) is 0 Å². The van der Waals surface area contributed by atoms with Crippen molar-refractivity contribution in [3.63, 3.8) is 0 Å². The largest absolute Gasteiger partial charge is 0.374 e. The first-order valence-electron chi connectivity index (χ1n) is 11.6. The zero-order valence-corrected chi connectivity index (χ0v) is 18.9. The minimum absolute atomic E-state index is 0.212. The number of guanidine groups is 1. The van der Waals surface area contributed by atoms with Gasteiger partial charge in [-0.3, -0.25) is 9.89 Å². The lowest BCUT2D eigenvalue weighted by atomic mass is 9.99. The molecule has 0 saturated carbocycles. The summed E-state index contributed by atoms with van der Waals surface area (Å²) < 4.78 is 5.93. The molecular formula is C22H45N5O. The summed E-state index contributed by atoms with van der Waals surface area (Å²) in [6.45, 7) is 19.5. The van der Waals surface area contributed by atoms with E-state index in [1.807, 2.05) is 0 Å². The average Bonchev–Trinajstić information content (AvgIpc) is 2.67. The zero-order valence-electron chi connectivity index (χ0n) is 18.9. The Bertz CT molecular complexity index is 435. The number of rotatable bonds is 10. The highest BCUT2D eigenvalue weighted by Gasteiger charge is 2.20. The fourth-order valence-electron chi connectivity index (χ4n) is 4.06. The van der Waals surface area contributed by atoms with Gasteiger partial charge in [-0.2, -0.15) is 0 Å². The summed E-state index contributed by atoms with van der Waals surface area (Å²) in [6, 6.07) is 0. The van der Waals surface area contributed by atoms with Crippen molar-refractivity contribution >= 4 is 5.96 Å². The minimum atomic E-state index is 0.212. The van der Waals surface area contributed by atoms with Crippen LogP contribution in [0.25, 0.3) is 0 Å². The molecular weight excluding hydrogens is 350 g/mol. The Balaban J connectivity index is 1.63. The third-order valence-corrected chi connectivity index (χ3v) is 5.71. The van der Waals surface area contributed by atoms with Crippen LogP contribution in [0.2, 0.25) is 0 Å². The number of nitrogens with one attached hydrogen (secondary N) is 2. The van der Waals surface area contributed by atoms with Crippen molar-refractivity contribution in [2.45, 2.75) is 59.5 Å². The summed E-state index contributed by atoms with van der Waals surface area (Å²) in [5, 5.41) is 6.87. The number of morpholine rings is 1. The zero-order chi connectivity index (χ0) is 20.2. The Morgan fingerprint density at radius 1 is 1.11 bits per heavy atom. The second-order valence-electron chi connectivity index (χ2n) is 9.02. The quantitative estimate of drug-likeness (QED) is 0.338. The third-order valence-electron chi connectivity index (χ3n) is 5.71. The fourth-order valence-corrected chi connectivity index (χ4v) is 4.06. The Morgan fingerprint density at radius 2 is 1.89 bits per heavy atom. The lowest BCUT2D eigenvalue weighted by Gasteiger charge is -2.33. The number of aliphatic imine (C=N–C) groups is 1. The van der Waals surface area contributed by atoms with Crippen molar-refractivity contribution in [3.8, 4) is 0 Å². The van der Waals surface area contributed by atoms with Crippen molar-refractivity contribution in [2.24, 2.45) is 16.8 Å². The van der Waals surface area contributed by atoms with E-state index in [1.54, 1.807) is 0 Å². The predicted octanol–water partition coefficient (Wildman–Crippen LogP) is 2.41. The van der Waals surface area contributed by atoms with Gasteiger partial charge in [0.2, 0.25) is 0 Å². The van der Waals surface area contributed by atoms with Crippen LogP contribution < -0.4 is 10.6 Å². The van der Waals surface area contributed by atoms with Crippen LogP contribution in [0.5, 0.6) is 0 Å². The molecule has 0 spiro atoms. The SMILES string of the molecule is CCNC(=NCC1CN(CC(C)C)CCO1)NCCCCN1CCC(C)CC1. The van der Waals surface area contributed by atoms with E-state index in [-0.39, 0.29) is 6.10 Å². The summed E-state index contributed by atoms with van der Waals surface area (Å²) in [4.78, 5) is 9.92. The van der Waals surface area contributed by atoms with Crippen LogP contribution in [0.3, 0.4) is 0 Å². The Hall–Kier alpha value is -0.850. The van der Waals surface area contributed by atoms with Crippen molar-refractivity contribution in [1.82, 2.24) is 20.4 Å². The van der Waals surface area contributed by atoms with Gasteiger partial charge in [0.15, 0.2) is 5.96 Å². The van der Waals surface area contributed by atoms with Crippen LogP contribution in [0.15, 0.2) is 4.99 Å². The standard InChI is InChI=1S/C22H45N5O/c1-5-23-22(24-10-6-7-11-26-12-8-20(4)9-13-26)25-16-21-18-27(14-15-28-21)17-19(2)3/h19-21H,5-18H2,1-4H3,(H2,23,24,25). The summed E-state index contributed by atoms with van der Waals surface area (Å²) in [5.74, 6) is 2.55. The maximum atomic E-state index is 5.93. The van der Waals surface area contributed by atoms with Crippen LogP contribution in [0, 0.1) is 11.8 Å². The van der Waals surface area contributed by atoms with E-state index >= 15 is 0 Å². The van der Waals surface area contributed by atoms with Crippen LogP contribution in [0.1, 0.15) is 53.4 Å². The van der Waals surface area contributed by atoms with Gasteiger partial charge >= 0.3 is 0 Å². The summed E-state index contributed by atoms with van der Waals surface area (Å²) in [5.41, 5.74) is 0. The molecule has 164 valence electrons. The van der Waals surface area contributed by atoms with Gasteiger partial charge in [0, 0.05) is 32.7 Å². The van der Waals surface area contributed by atoms with Gasteiger partial charge in [-0.05, 0) is 64.1 Å². The molecule has 2 N–H and O–H groups in total. The second kappa shape index (κ2) is 13.4. The lowest BCUT2D eigenvalue weighted by molar-refractivity contribution is -0.0261. The molecule has 2 heterocycles. The van der Waals surface area contributed by atoms with Crippen molar-refractivity contribution in [2.75, 3.05) is 65.5 Å². The second-order valence-corrected chi connectivity index (χ2v) is 9.02. The van der Waals surface area contributed by atoms with Gasteiger partial charge in [-0.1, -0.05) is 20.8 Å². The monoisotopic (exact) mass is 395 g/mol. The first-order chi connectivity index (χ1) is 13.6. The topological polar surface area (TPSA) is 52.1 Å². The predicted molar refractivity (Wildman–Crippen MR) is 119 cm³/mol. The van der Waals surface area contributed by atoms with Crippen LogP contribution in [-0.2, 0) is 4.74 Å². The number of piperidine rings is 1. The number of nitrogens with zero attached hydrogens (tertiary/aromatic N) is 3. The van der Waals surface area contributed by atoms with E-state index in [0.29, 0.717) is 5.92 Å². The highest BCUT2D eigenvalue weighted by Crippen LogP contribution is 2.16. The number of hydrogen-bond acceptors (Lipinski definition) is 4. The Labute approximate surface area is 173 Å². The molecule has 2 saturated heterocycles. The molecule has 6 nitrogen and oxygen atoms in total. The molecule has 2 fully saturated rings. The number of unbranched alkanes of at least 4 members (excludes halogenated alkanes) is 1. The first kappa shape index (κ1) is 23.4. The van der Waals surface area contributed by atoms with Crippen LogP contribution in [-0.4, -0.2) is 87.4 Å². The molecule has 6 heteroatoms. The fraction of sp³-hybridized carbons (Fsp3) is 0.955. The minimum Gasteiger partial charge on any atom is -0.374 e. The molecule has 2 rings (SSSR count). The highest BCUT2D eigenvalue weighted by molar-refractivity contribution is 5.79. The molecule has 28 heavy (non-hydrogen) atoms. The normalized spacial score (nSPS) is 23.3. The third kappa shape index (κ3) is 9.57. The summed E-state index contributed by atoms with van der Waals surface area (Å²) >= 11 is 0. The molecule has 2 aliphatic heterocycles. The first-order valence-corrected chi connectivity index (χ1v) is 11.6. The lowest BCUT2D eigenvalue weighted by Crippen LogP contribution is -2.46. The maximum Gasteiger partial charge on any atom is 0.191 e. The summed E-state index contributed by atoms with van der Waals surface area (Å²) in [7, 11) is 0. The number of hydrogen-bond donors (Lipinski definition) is 2. The number of ether oxygens (including phenoxy) is 1. The van der Waals surface area contributed by atoms with Crippen molar-refractivity contribution < 1.29 is 4.74 Å². The molecule has 1 atom stereocenters. The molecule has 0 aliphatic carbocycles. The van der Waals surface area contributed by atoms with Gasteiger partial charge < -0.3 is 20.3 Å². The van der Waals surface area contributed by atoms with Gasteiger partial charge in [-0.25, -0.2) is 0 Å². The molecule has 0 aromatic rings. The molecule has 0 radical (unpaired) electrons. The van der Waals surface area contributed by atoms with Crippen LogP contribution in [0.4, 0.5) is 0 Å². The van der Waals surface area contributed by atoms with E-state index in [9.17, 15) is 0 Å². The van der Waals surface area contributed by atoms with E-state index in [0.717, 1.165) is 57.8 Å². The van der Waals surface area contributed by atoms with Gasteiger partial charge in [0.1, 0.15) is 0 Å². The average molecular weight is 396 g/mol. The summed E-state index contributed by atoms with van der Waals surface area (Å²) in [6.07, 6.45) is 5.40. The highest BCUT2D eigenvalue weighted by atomic mass is 16.5.